The van der Waals surface area contributed by atoms with Gasteiger partial charge in [0.1, 0.15) is 0 Å². The van der Waals surface area contributed by atoms with Crippen LogP contribution in [-0.2, 0) is 0 Å². The molecular formula is C24H28N6OS. The van der Waals surface area contributed by atoms with E-state index in [1.807, 2.05) is 38.9 Å². The highest BCUT2D eigenvalue weighted by atomic mass is 32.1. The van der Waals surface area contributed by atoms with Crippen LogP contribution in [0, 0.1) is 13.8 Å². The average Bonchev–Trinajstić information content (AvgIpc) is 3.10. The summed E-state index contributed by atoms with van der Waals surface area (Å²) >= 11 is 1.51. The maximum absolute atomic E-state index is 13.5. The van der Waals surface area contributed by atoms with Crippen LogP contribution in [0.5, 0.6) is 0 Å². The highest BCUT2D eigenvalue weighted by Crippen LogP contribution is 2.40. The Morgan fingerprint density at radius 1 is 1.19 bits per heavy atom. The predicted molar refractivity (Wildman–Crippen MR) is 132 cm³/mol. The Balaban J connectivity index is 1.54. The molecule has 0 radical (unpaired) electrons. The summed E-state index contributed by atoms with van der Waals surface area (Å²) in [5.74, 6) is 0.733. The highest BCUT2D eigenvalue weighted by Gasteiger charge is 2.38. The number of carbonyl (C=O) groups excluding carboxylic acids is 1. The lowest BCUT2D eigenvalue weighted by atomic mass is 9.99. The third kappa shape index (κ3) is 3.68. The minimum Gasteiger partial charge on any atom is -0.378 e. The van der Waals surface area contributed by atoms with E-state index in [-0.39, 0.29) is 12.1 Å². The highest BCUT2D eigenvalue weighted by molar-refractivity contribution is 7.15. The quantitative estimate of drug-likeness (QED) is 0.617. The normalized spacial score (nSPS) is 17.2. The van der Waals surface area contributed by atoms with E-state index in [2.05, 4.69) is 50.4 Å². The van der Waals surface area contributed by atoms with Crippen molar-refractivity contribution < 1.29 is 4.79 Å². The Kier molecular flexibility index (Phi) is 5.25. The van der Waals surface area contributed by atoms with Gasteiger partial charge in [0.15, 0.2) is 10.9 Å². The maximum atomic E-state index is 13.5. The lowest BCUT2D eigenvalue weighted by Crippen LogP contribution is -2.56. The SMILES string of the molecule is Cc1nc(NC(=O)N2c3nc(-c4cccc(N(C)C)c4)ccc3N3CCC[C@H]2C3)sc1C. The van der Waals surface area contributed by atoms with Gasteiger partial charge in [0.2, 0.25) is 0 Å². The fourth-order valence-corrected chi connectivity index (χ4v) is 5.27. The van der Waals surface area contributed by atoms with Crippen LogP contribution in [-0.4, -0.2) is 49.2 Å². The van der Waals surface area contributed by atoms with Crippen molar-refractivity contribution in [3.05, 3.63) is 47.0 Å². The molecule has 1 aromatic carbocycles. The largest absolute Gasteiger partial charge is 0.378 e. The molecule has 3 aromatic rings. The molecular weight excluding hydrogens is 420 g/mol. The number of hydrogen-bond acceptors (Lipinski definition) is 6. The summed E-state index contributed by atoms with van der Waals surface area (Å²) in [5.41, 5.74) is 5.00. The van der Waals surface area contributed by atoms with Gasteiger partial charge in [-0.05, 0) is 51.0 Å². The van der Waals surface area contributed by atoms with Crippen LogP contribution in [0.2, 0.25) is 0 Å². The lowest BCUT2D eigenvalue weighted by Gasteiger charge is -2.45. The summed E-state index contributed by atoms with van der Waals surface area (Å²) in [6.45, 7) is 5.83. The molecule has 2 amide bonds. The fourth-order valence-electron chi connectivity index (χ4n) is 4.47. The van der Waals surface area contributed by atoms with Gasteiger partial charge in [-0.25, -0.2) is 14.8 Å². The molecule has 7 nitrogen and oxygen atoms in total. The minimum absolute atomic E-state index is 0.106. The minimum atomic E-state index is -0.154. The van der Waals surface area contributed by atoms with Crippen LogP contribution >= 0.6 is 11.3 Å². The molecule has 8 heteroatoms. The molecule has 2 aliphatic rings. The number of aryl methyl sites for hydroxylation is 2. The number of rotatable bonds is 3. The summed E-state index contributed by atoms with van der Waals surface area (Å²) in [5, 5.41) is 3.67. The molecule has 5 rings (SSSR count). The first kappa shape index (κ1) is 20.8. The van der Waals surface area contributed by atoms with Crippen molar-refractivity contribution in [3.8, 4) is 11.3 Å². The number of piperidine rings is 1. The van der Waals surface area contributed by atoms with E-state index in [0.717, 1.165) is 65.0 Å². The Morgan fingerprint density at radius 2 is 2.03 bits per heavy atom. The van der Waals surface area contributed by atoms with E-state index in [0.29, 0.717) is 5.13 Å². The number of nitrogens with one attached hydrogen (secondary N) is 1. The van der Waals surface area contributed by atoms with Crippen LogP contribution in [0.1, 0.15) is 23.4 Å². The standard InChI is InChI=1S/C24H28N6OS/c1-15-16(2)32-23(25-15)27-24(31)30-19-9-6-12-29(14-19)21-11-10-20(26-22(21)30)17-7-5-8-18(13-17)28(3)4/h5,7-8,10-11,13,19H,6,9,12,14H2,1-4H3,(H,25,27,31)/t19-/m0/s1. The number of hydrogen-bond donors (Lipinski definition) is 1. The number of amides is 2. The number of benzene rings is 1. The van der Waals surface area contributed by atoms with Crippen molar-refractivity contribution in [2.45, 2.75) is 32.7 Å². The number of carbonyl (C=O) groups is 1. The van der Waals surface area contributed by atoms with Crippen LogP contribution < -0.4 is 20.0 Å². The summed E-state index contributed by atoms with van der Waals surface area (Å²) in [6.07, 6.45) is 2.04. The Morgan fingerprint density at radius 3 is 2.78 bits per heavy atom. The number of urea groups is 1. The van der Waals surface area contributed by atoms with Crippen molar-refractivity contribution >= 4 is 39.7 Å². The molecule has 1 saturated heterocycles. The number of fused-ring (bicyclic) bond motifs is 4. The number of anilines is 4. The molecule has 0 aliphatic carbocycles. The molecule has 2 aliphatic heterocycles. The van der Waals surface area contributed by atoms with Gasteiger partial charge in [-0.3, -0.25) is 10.2 Å². The van der Waals surface area contributed by atoms with E-state index in [1.165, 1.54) is 11.3 Å². The van der Waals surface area contributed by atoms with E-state index in [9.17, 15) is 4.79 Å². The zero-order chi connectivity index (χ0) is 22.4. The monoisotopic (exact) mass is 448 g/mol. The zero-order valence-corrected chi connectivity index (χ0v) is 19.7. The molecule has 2 bridgehead atoms. The number of nitrogens with zero attached hydrogens (tertiary/aromatic N) is 5. The zero-order valence-electron chi connectivity index (χ0n) is 18.9. The summed E-state index contributed by atoms with van der Waals surface area (Å²) in [6, 6.07) is 12.4. The summed E-state index contributed by atoms with van der Waals surface area (Å²) in [7, 11) is 4.06. The molecule has 32 heavy (non-hydrogen) atoms. The first-order valence-electron chi connectivity index (χ1n) is 11.0. The van der Waals surface area contributed by atoms with Crippen molar-refractivity contribution in [1.82, 2.24) is 9.97 Å². The molecule has 4 heterocycles. The molecule has 1 N–H and O–H groups in total. The number of pyridine rings is 1. The van der Waals surface area contributed by atoms with E-state index < -0.39 is 0 Å². The van der Waals surface area contributed by atoms with Gasteiger partial charge < -0.3 is 9.80 Å². The topological polar surface area (TPSA) is 64.6 Å². The second-order valence-corrected chi connectivity index (χ2v) is 9.89. The first-order chi connectivity index (χ1) is 15.4. The van der Waals surface area contributed by atoms with Gasteiger partial charge in [0.05, 0.1) is 23.1 Å². The average molecular weight is 449 g/mol. The van der Waals surface area contributed by atoms with E-state index in [4.69, 9.17) is 4.98 Å². The smallest absolute Gasteiger partial charge is 0.329 e. The Hall–Kier alpha value is -3.13. The Labute approximate surface area is 192 Å². The third-order valence-electron chi connectivity index (χ3n) is 6.30. The van der Waals surface area contributed by atoms with Crippen molar-refractivity contribution in [2.75, 3.05) is 47.2 Å². The molecule has 0 unspecified atom stereocenters. The predicted octanol–water partition coefficient (Wildman–Crippen LogP) is 4.91. The molecule has 1 fully saturated rings. The molecule has 2 aromatic heterocycles. The molecule has 0 spiro atoms. The second kappa shape index (κ2) is 8.09. The fraction of sp³-hybridized carbons (Fsp3) is 0.375. The van der Waals surface area contributed by atoms with Crippen LogP contribution in [0.15, 0.2) is 36.4 Å². The molecule has 0 saturated carbocycles. The summed E-state index contributed by atoms with van der Waals surface area (Å²) < 4.78 is 0. The second-order valence-electron chi connectivity index (χ2n) is 8.69. The third-order valence-corrected chi connectivity index (χ3v) is 7.29. The number of thiazole rings is 1. The first-order valence-corrected chi connectivity index (χ1v) is 11.8. The Bertz CT molecular complexity index is 1150. The van der Waals surface area contributed by atoms with Gasteiger partial charge >= 0.3 is 6.03 Å². The number of aromatic nitrogens is 2. The summed E-state index contributed by atoms with van der Waals surface area (Å²) in [4.78, 5) is 30.4. The van der Waals surface area contributed by atoms with Gasteiger partial charge in [0, 0.05) is 43.3 Å². The van der Waals surface area contributed by atoms with Crippen molar-refractivity contribution in [3.63, 3.8) is 0 Å². The van der Waals surface area contributed by atoms with E-state index in [1.54, 1.807) is 0 Å². The van der Waals surface area contributed by atoms with E-state index >= 15 is 0 Å². The van der Waals surface area contributed by atoms with Crippen LogP contribution in [0.4, 0.5) is 27.1 Å². The van der Waals surface area contributed by atoms with Gasteiger partial charge in [-0.1, -0.05) is 12.1 Å². The van der Waals surface area contributed by atoms with Gasteiger partial charge in [-0.15, -0.1) is 11.3 Å². The van der Waals surface area contributed by atoms with Gasteiger partial charge in [-0.2, -0.15) is 0 Å². The van der Waals surface area contributed by atoms with Gasteiger partial charge in [0.25, 0.3) is 0 Å². The maximum Gasteiger partial charge on any atom is 0.329 e. The van der Waals surface area contributed by atoms with Crippen LogP contribution in [0.3, 0.4) is 0 Å². The molecule has 166 valence electrons. The molecule has 1 atom stereocenters. The van der Waals surface area contributed by atoms with Crippen molar-refractivity contribution in [2.24, 2.45) is 0 Å². The van der Waals surface area contributed by atoms with Crippen LogP contribution in [0.25, 0.3) is 11.3 Å². The lowest BCUT2D eigenvalue weighted by molar-refractivity contribution is 0.252. The van der Waals surface area contributed by atoms with Crippen molar-refractivity contribution in [1.29, 1.82) is 0 Å².